The van der Waals surface area contributed by atoms with Crippen molar-refractivity contribution in [1.29, 1.82) is 0 Å². The number of nitrogens with one attached hydrogen (secondary N) is 1. The second kappa shape index (κ2) is 9.20. The molecule has 0 aromatic carbocycles. The smallest absolute Gasteiger partial charge is 0.317 e. The minimum Gasteiger partial charge on any atom is -0.489 e. The second-order valence-corrected chi connectivity index (χ2v) is 8.90. The molecule has 0 atom stereocenters. The number of pyridine rings is 1. The van der Waals surface area contributed by atoms with Gasteiger partial charge < -0.3 is 19.9 Å². The topological polar surface area (TPSA) is 60.9 Å². The van der Waals surface area contributed by atoms with Crippen molar-refractivity contribution in [3.8, 4) is 5.75 Å². The Morgan fingerprint density at radius 3 is 2.69 bits per heavy atom. The number of carbonyl (C=O) groups is 1. The van der Waals surface area contributed by atoms with Gasteiger partial charge in [-0.2, -0.15) is 0 Å². The average molecular weight is 402 g/mol. The molecule has 1 aromatic heterocycles. The Kier molecular flexibility index (Phi) is 6.43. The Hall–Kier alpha value is -2.02. The fourth-order valence-electron chi connectivity index (χ4n) is 4.77. The van der Waals surface area contributed by atoms with Crippen molar-refractivity contribution in [3.63, 3.8) is 0 Å². The van der Waals surface area contributed by atoms with Gasteiger partial charge in [-0.05, 0) is 50.6 Å². The Balaban J connectivity index is 1.17. The number of fused-ring (bicyclic) bond motifs is 1. The first-order chi connectivity index (χ1) is 14.1. The third kappa shape index (κ3) is 4.94. The quantitative estimate of drug-likeness (QED) is 0.821. The molecule has 29 heavy (non-hydrogen) atoms. The van der Waals surface area contributed by atoms with Crippen LogP contribution in [0.15, 0.2) is 12.3 Å². The number of rotatable bonds is 5. The molecule has 7 nitrogen and oxygen atoms in total. The van der Waals surface area contributed by atoms with Crippen LogP contribution in [0.1, 0.15) is 37.7 Å². The van der Waals surface area contributed by atoms with Crippen LogP contribution < -0.4 is 15.0 Å². The molecule has 1 N–H and O–H groups in total. The number of carbonyl (C=O) groups excluding carboxylic acids is 1. The standard InChI is InChI=1S/C22H35N5O2/c1-25(2)22(28)24-19-5-3-17(4-6-19)8-11-26-12-14-27(15-13-26)21-20-18(7-10-23-21)9-16-29-20/h7,10,17,19H,3-6,8-9,11-16H2,1-2H3,(H,24,28)/t17-,19-. The third-order valence-electron chi connectivity index (χ3n) is 6.69. The lowest BCUT2D eigenvalue weighted by Gasteiger charge is -2.37. The summed E-state index contributed by atoms with van der Waals surface area (Å²) in [5.41, 5.74) is 1.30. The molecule has 0 bridgehead atoms. The zero-order valence-electron chi connectivity index (χ0n) is 17.9. The summed E-state index contributed by atoms with van der Waals surface area (Å²) in [4.78, 5) is 23.0. The van der Waals surface area contributed by atoms with E-state index in [0.29, 0.717) is 6.04 Å². The van der Waals surface area contributed by atoms with E-state index in [-0.39, 0.29) is 6.03 Å². The van der Waals surface area contributed by atoms with Gasteiger partial charge in [0, 0.05) is 64.5 Å². The van der Waals surface area contributed by atoms with Crippen molar-refractivity contribution in [2.24, 2.45) is 5.92 Å². The minimum atomic E-state index is 0.0373. The summed E-state index contributed by atoms with van der Waals surface area (Å²) in [5.74, 6) is 2.85. The first-order valence-corrected chi connectivity index (χ1v) is 11.2. The highest BCUT2D eigenvalue weighted by molar-refractivity contribution is 5.73. The third-order valence-corrected chi connectivity index (χ3v) is 6.69. The Morgan fingerprint density at radius 2 is 1.97 bits per heavy atom. The van der Waals surface area contributed by atoms with Crippen molar-refractivity contribution < 1.29 is 9.53 Å². The van der Waals surface area contributed by atoms with Gasteiger partial charge in [0.05, 0.1) is 6.61 Å². The zero-order chi connectivity index (χ0) is 20.2. The van der Waals surface area contributed by atoms with E-state index in [1.54, 1.807) is 19.0 Å². The summed E-state index contributed by atoms with van der Waals surface area (Å²) in [6, 6.07) is 2.48. The monoisotopic (exact) mass is 401 g/mol. The zero-order valence-corrected chi connectivity index (χ0v) is 17.9. The molecular formula is C22H35N5O2. The molecule has 1 aliphatic carbocycles. The Morgan fingerprint density at radius 1 is 1.21 bits per heavy atom. The number of hydrogen-bond donors (Lipinski definition) is 1. The van der Waals surface area contributed by atoms with Gasteiger partial charge in [0.15, 0.2) is 11.6 Å². The van der Waals surface area contributed by atoms with E-state index in [1.165, 1.54) is 31.4 Å². The number of nitrogens with zero attached hydrogens (tertiary/aromatic N) is 4. The summed E-state index contributed by atoms with van der Waals surface area (Å²) < 4.78 is 5.84. The maximum Gasteiger partial charge on any atom is 0.317 e. The fraction of sp³-hybridized carbons (Fsp3) is 0.727. The van der Waals surface area contributed by atoms with E-state index in [2.05, 4.69) is 26.2 Å². The van der Waals surface area contributed by atoms with E-state index >= 15 is 0 Å². The SMILES string of the molecule is CN(C)C(=O)N[C@H]1CC[C@H](CCN2CCN(c3nccc4c3OCC4)CC2)CC1. The number of piperazine rings is 1. The van der Waals surface area contributed by atoms with E-state index in [1.807, 2.05) is 6.20 Å². The first kappa shape index (κ1) is 20.3. The summed E-state index contributed by atoms with van der Waals surface area (Å²) in [5, 5.41) is 3.14. The fourth-order valence-corrected chi connectivity index (χ4v) is 4.77. The molecule has 1 saturated carbocycles. The van der Waals surface area contributed by atoms with Crippen molar-refractivity contribution in [3.05, 3.63) is 17.8 Å². The molecule has 2 aliphatic heterocycles. The molecule has 1 saturated heterocycles. The average Bonchev–Trinajstić information content (AvgIpc) is 3.22. The molecule has 0 radical (unpaired) electrons. The van der Waals surface area contributed by atoms with Crippen LogP contribution in [0.2, 0.25) is 0 Å². The van der Waals surface area contributed by atoms with Crippen LogP contribution in [0.4, 0.5) is 10.6 Å². The van der Waals surface area contributed by atoms with Gasteiger partial charge >= 0.3 is 6.03 Å². The van der Waals surface area contributed by atoms with Crippen LogP contribution in [0.25, 0.3) is 0 Å². The molecule has 1 aromatic rings. The van der Waals surface area contributed by atoms with E-state index in [9.17, 15) is 4.79 Å². The van der Waals surface area contributed by atoms with Crippen molar-refractivity contribution in [2.45, 2.75) is 44.6 Å². The summed E-state index contributed by atoms with van der Waals surface area (Å²) in [6.07, 6.45) is 8.89. The lowest BCUT2D eigenvalue weighted by Crippen LogP contribution is -2.47. The summed E-state index contributed by atoms with van der Waals surface area (Å²) >= 11 is 0. The van der Waals surface area contributed by atoms with E-state index < -0.39 is 0 Å². The lowest BCUT2D eigenvalue weighted by molar-refractivity contribution is 0.194. The first-order valence-electron chi connectivity index (χ1n) is 11.2. The number of amides is 2. The molecule has 2 fully saturated rings. The number of ether oxygens (including phenoxy) is 1. The van der Waals surface area contributed by atoms with Gasteiger partial charge in [-0.1, -0.05) is 0 Å². The minimum absolute atomic E-state index is 0.0373. The van der Waals surface area contributed by atoms with Crippen LogP contribution >= 0.6 is 0 Å². The van der Waals surface area contributed by atoms with Gasteiger partial charge in [-0.15, -0.1) is 0 Å². The predicted molar refractivity (Wildman–Crippen MR) is 115 cm³/mol. The molecule has 0 spiro atoms. The number of anilines is 1. The number of urea groups is 1. The molecule has 160 valence electrons. The van der Waals surface area contributed by atoms with Gasteiger partial charge in [0.2, 0.25) is 0 Å². The van der Waals surface area contributed by atoms with Crippen molar-refractivity contribution in [2.75, 3.05) is 58.3 Å². The predicted octanol–water partition coefficient (Wildman–Crippen LogP) is 2.36. The van der Waals surface area contributed by atoms with Gasteiger partial charge in [0.1, 0.15) is 0 Å². The van der Waals surface area contributed by atoms with Crippen LogP contribution in [0.3, 0.4) is 0 Å². The number of aromatic nitrogens is 1. The van der Waals surface area contributed by atoms with Crippen LogP contribution in [0.5, 0.6) is 5.75 Å². The van der Waals surface area contributed by atoms with Gasteiger partial charge in [-0.25, -0.2) is 9.78 Å². The van der Waals surface area contributed by atoms with Crippen LogP contribution in [-0.4, -0.2) is 80.3 Å². The lowest BCUT2D eigenvalue weighted by atomic mass is 9.84. The van der Waals surface area contributed by atoms with Crippen LogP contribution in [0, 0.1) is 5.92 Å². The highest BCUT2D eigenvalue weighted by atomic mass is 16.5. The maximum absolute atomic E-state index is 11.8. The van der Waals surface area contributed by atoms with Gasteiger partial charge in [-0.3, -0.25) is 4.90 Å². The van der Waals surface area contributed by atoms with Crippen molar-refractivity contribution >= 4 is 11.8 Å². The van der Waals surface area contributed by atoms with Gasteiger partial charge in [0.25, 0.3) is 0 Å². The van der Waals surface area contributed by atoms with Crippen LogP contribution in [-0.2, 0) is 6.42 Å². The molecular weight excluding hydrogens is 366 g/mol. The van der Waals surface area contributed by atoms with Crippen molar-refractivity contribution in [1.82, 2.24) is 20.1 Å². The van der Waals surface area contributed by atoms with E-state index in [0.717, 1.165) is 69.5 Å². The highest BCUT2D eigenvalue weighted by Gasteiger charge is 2.26. The molecule has 3 aliphatic rings. The molecule has 3 heterocycles. The summed E-state index contributed by atoms with van der Waals surface area (Å²) in [6.45, 7) is 6.21. The molecule has 7 heteroatoms. The van der Waals surface area contributed by atoms with E-state index in [4.69, 9.17) is 4.74 Å². The normalized spacial score (nSPS) is 24.7. The molecule has 4 rings (SSSR count). The number of hydrogen-bond acceptors (Lipinski definition) is 5. The second-order valence-electron chi connectivity index (χ2n) is 8.90. The highest BCUT2D eigenvalue weighted by Crippen LogP contribution is 2.34. The molecule has 2 amide bonds. The maximum atomic E-state index is 11.8. The Bertz CT molecular complexity index is 694. The Labute approximate surface area is 174 Å². The summed E-state index contributed by atoms with van der Waals surface area (Å²) in [7, 11) is 3.60. The largest absolute Gasteiger partial charge is 0.489 e. The molecule has 0 unspecified atom stereocenters.